The number of fused-ring (bicyclic) bond motifs is 5. The number of nitrogens with one attached hydrogen (secondary N) is 1. The lowest BCUT2D eigenvalue weighted by Gasteiger charge is -2.41. The van der Waals surface area contributed by atoms with E-state index in [4.69, 9.17) is 11.6 Å². The van der Waals surface area contributed by atoms with Crippen LogP contribution in [0.15, 0.2) is 36.5 Å². The number of hydrogen-bond acceptors (Lipinski definition) is 3. The van der Waals surface area contributed by atoms with Crippen LogP contribution in [-0.4, -0.2) is 17.4 Å². The van der Waals surface area contributed by atoms with Crippen molar-refractivity contribution in [1.82, 2.24) is 4.98 Å². The number of hydrogen-bond donors (Lipinski definition) is 1. The Kier molecular flexibility index (Phi) is 2.47. The molecule has 2 aromatic rings. The third kappa shape index (κ3) is 1.61. The number of rotatable bonds is 0. The largest absolute Gasteiger partial charge is 0.339 e. The van der Waals surface area contributed by atoms with Gasteiger partial charge in [-0.15, -0.1) is 0 Å². The fourth-order valence-corrected chi connectivity index (χ4v) is 3.19. The lowest BCUT2D eigenvalue weighted by molar-refractivity contribution is -0.118. The van der Waals surface area contributed by atoms with Gasteiger partial charge in [0.05, 0.1) is 10.7 Å². The highest BCUT2D eigenvalue weighted by atomic mass is 35.5. The molecule has 5 heteroatoms. The molecule has 100 valence electrons. The van der Waals surface area contributed by atoms with E-state index < -0.39 is 0 Å². The summed E-state index contributed by atoms with van der Waals surface area (Å²) in [4.78, 5) is 18.9. The summed E-state index contributed by atoms with van der Waals surface area (Å²) in [5.74, 6) is 0.780. The zero-order valence-corrected chi connectivity index (χ0v) is 11.4. The molecule has 0 saturated heterocycles. The minimum Gasteiger partial charge on any atom is -0.339 e. The Morgan fingerprint density at radius 3 is 3.10 bits per heavy atom. The Morgan fingerprint density at radius 2 is 2.20 bits per heavy atom. The third-order valence-electron chi connectivity index (χ3n) is 3.89. The number of carbonyl (C=O) groups is 1. The molecule has 20 heavy (non-hydrogen) atoms. The molecule has 1 unspecified atom stereocenters. The second-order valence-corrected chi connectivity index (χ2v) is 5.50. The summed E-state index contributed by atoms with van der Waals surface area (Å²) in [6.45, 7) is 0.788. The Hall–Kier alpha value is -2.07. The van der Waals surface area contributed by atoms with Crippen LogP contribution in [0.4, 0.5) is 11.5 Å². The predicted octanol–water partition coefficient (Wildman–Crippen LogP) is 2.79. The molecular formula is C15H12ClN3O. The van der Waals surface area contributed by atoms with Crippen LogP contribution in [0.3, 0.4) is 0 Å². The van der Waals surface area contributed by atoms with Crippen LogP contribution in [0.5, 0.6) is 0 Å². The SMILES string of the molecule is O=C1Nc2cc(Cl)cnc2N2CCc3ccccc3C12. The van der Waals surface area contributed by atoms with E-state index >= 15 is 0 Å². The molecule has 1 atom stereocenters. The lowest BCUT2D eigenvalue weighted by atomic mass is 9.90. The second-order valence-electron chi connectivity index (χ2n) is 5.06. The molecule has 0 radical (unpaired) electrons. The first-order valence-corrected chi connectivity index (χ1v) is 6.93. The monoisotopic (exact) mass is 285 g/mol. The van der Waals surface area contributed by atoms with Crippen molar-refractivity contribution >= 4 is 29.0 Å². The van der Waals surface area contributed by atoms with E-state index in [-0.39, 0.29) is 11.9 Å². The van der Waals surface area contributed by atoms with Crippen LogP contribution in [0.2, 0.25) is 5.02 Å². The smallest absolute Gasteiger partial charge is 0.251 e. The highest BCUT2D eigenvalue weighted by Crippen LogP contribution is 2.41. The summed E-state index contributed by atoms with van der Waals surface area (Å²) in [6, 6.07) is 9.55. The van der Waals surface area contributed by atoms with Gasteiger partial charge in [-0.1, -0.05) is 35.9 Å². The van der Waals surface area contributed by atoms with E-state index in [0.29, 0.717) is 10.7 Å². The van der Waals surface area contributed by atoms with E-state index in [1.807, 2.05) is 18.2 Å². The van der Waals surface area contributed by atoms with Crippen molar-refractivity contribution in [1.29, 1.82) is 0 Å². The number of aromatic nitrogens is 1. The van der Waals surface area contributed by atoms with Gasteiger partial charge in [0.1, 0.15) is 6.04 Å². The van der Waals surface area contributed by atoms with Crippen molar-refractivity contribution in [2.75, 3.05) is 16.8 Å². The van der Waals surface area contributed by atoms with Crippen LogP contribution in [0.1, 0.15) is 17.2 Å². The molecule has 1 aromatic heterocycles. The first-order valence-electron chi connectivity index (χ1n) is 6.55. The Morgan fingerprint density at radius 1 is 1.35 bits per heavy atom. The molecule has 1 aromatic carbocycles. The Bertz CT molecular complexity index is 716. The number of anilines is 2. The van der Waals surface area contributed by atoms with Crippen molar-refractivity contribution in [3.8, 4) is 0 Å². The number of pyridine rings is 1. The molecule has 0 aliphatic carbocycles. The number of nitrogens with zero attached hydrogens (tertiary/aromatic N) is 2. The van der Waals surface area contributed by atoms with Crippen molar-refractivity contribution in [3.63, 3.8) is 0 Å². The van der Waals surface area contributed by atoms with Crippen LogP contribution in [0, 0.1) is 0 Å². The van der Waals surface area contributed by atoms with Gasteiger partial charge in [-0.25, -0.2) is 4.98 Å². The minimum atomic E-state index is -0.291. The average molecular weight is 286 g/mol. The van der Waals surface area contributed by atoms with Gasteiger partial charge in [0.15, 0.2) is 5.82 Å². The Labute approximate surface area is 121 Å². The van der Waals surface area contributed by atoms with E-state index in [9.17, 15) is 4.79 Å². The van der Waals surface area contributed by atoms with Crippen molar-refractivity contribution < 1.29 is 4.79 Å². The lowest BCUT2D eigenvalue weighted by Crippen LogP contribution is -2.46. The van der Waals surface area contributed by atoms with E-state index in [2.05, 4.69) is 21.3 Å². The van der Waals surface area contributed by atoms with Crippen molar-refractivity contribution in [2.45, 2.75) is 12.5 Å². The maximum Gasteiger partial charge on any atom is 0.251 e. The summed E-state index contributed by atoms with van der Waals surface area (Å²) >= 11 is 5.95. The molecule has 0 saturated carbocycles. The van der Waals surface area contributed by atoms with E-state index in [0.717, 1.165) is 24.3 Å². The van der Waals surface area contributed by atoms with Gasteiger partial charge < -0.3 is 10.2 Å². The highest BCUT2D eigenvalue weighted by Gasteiger charge is 2.38. The van der Waals surface area contributed by atoms with Crippen LogP contribution in [0.25, 0.3) is 0 Å². The average Bonchev–Trinajstić information content (AvgIpc) is 2.46. The van der Waals surface area contributed by atoms with Gasteiger partial charge in [-0.2, -0.15) is 0 Å². The number of amides is 1. The summed E-state index contributed by atoms with van der Waals surface area (Å²) < 4.78 is 0. The molecule has 0 fully saturated rings. The molecular weight excluding hydrogens is 274 g/mol. The van der Waals surface area contributed by atoms with Gasteiger partial charge in [0.25, 0.3) is 5.91 Å². The fourth-order valence-electron chi connectivity index (χ4n) is 3.03. The van der Waals surface area contributed by atoms with Crippen LogP contribution < -0.4 is 10.2 Å². The molecule has 4 rings (SSSR count). The van der Waals surface area contributed by atoms with Crippen LogP contribution in [-0.2, 0) is 11.2 Å². The number of carbonyl (C=O) groups excluding carboxylic acids is 1. The van der Waals surface area contributed by atoms with E-state index in [1.165, 1.54) is 5.56 Å². The number of halogens is 1. The minimum absolute atomic E-state index is 0.0197. The molecule has 1 N–H and O–H groups in total. The summed E-state index contributed by atoms with van der Waals surface area (Å²) in [7, 11) is 0. The maximum absolute atomic E-state index is 12.4. The molecule has 2 aliphatic heterocycles. The molecule has 4 nitrogen and oxygen atoms in total. The quantitative estimate of drug-likeness (QED) is 0.809. The van der Waals surface area contributed by atoms with Gasteiger partial charge >= 0.3 is 0 Å². The van der Waals surface area contributed by atoms with Gasteiger partial charge in [-0.3, -0.25) is 4.79 Å². The van der Waals surface area contributed by atoms with Crippen molar-refractivity contribution in [2.24, 2.45) is 0 Å². The highest BCUT2D eigenvalue weighted by molar-refractivity contribution is 6.31. The summed E-state index contributed by atoms with van der Waals surface area (Å²) in [5, 5.41) is 3.44. The first-order chi connectivity index (χ1) is 9.74. The number of benzene rings is 1. The normalized spacial score (nSPS) is 19.8. The third-order valence-corrected chi connectivity index (χ3v) is 4.10. The molecule has 2 aliphatic rings. The second kappa shape index (κ2) is 4.21. The molecule has 0 bridgehead atoms. The van der Waals surface area contributed by atoms with E-state index in [1.54, 1.807) is 12.3 Å². The van der Waals surface area contributed by atoms with Gasteiger partial charge in [0.2, 0.25) is 0 Å². The zero-order valence-electron chi connectivity index (χ0n) is 10.6. The fraction of sp³-hybridized carbons (Fsp3) is 0.200. The standard InChI is InChI=1S/C15H12ClN3O/c16-10-7-12-14(17-8-10)19-6-5-9-3-1-2-4-11(9)13(19)15(20)18-12/h1-4,7-8,13H,5-6H2,(H,18,20). The van der Waals surface area contributed by atoms with Gasteiger partial charge in [0, 0.05) is 12.7 Å². The summed E-state index contributed by atoms with van der Waals surface area (Å²) in [5.41, 5.74) is 3.00. The van der Waals surface area contributed by atoms with Crippen molar-refractivity contribution in [3.05, 3.63) is 52.7 Å². The molecule has 0 spiro atoms. The topological polar surface area (TPSA) is 45.2 Å². The first kappa shape index (κ1) is 11.7. The Balaban J connectivity index is 1.87. The van der Waals surface area contributed by atoms with Crippen LogP contribution >= 0.6 is 11.6 Å². The molecule has 3 heterocycles. The van der Waals surface area contributed by atoms with Gasteiger partial charge in [-0.05, 0) is 23.6 Å². The molecule has 1 amide bonds. The predicted molar refractivity (Wildman–Crippen MR) is 78.1 cm³/mol. The maximum atomic E-state index is 12.4. The summed E-state index contributed by atoms with van der Waals surface area (Å²) in [6.07, 6.45) is 2.54. The zero-order chi connectivity index (χ0) is 13.7.